The molecule has 0 heteroatoms. The van der Waals surface area contributed by atoms with Crippen LogP contribution in [-0.4, -0.2) is 0 Å². The topological polar surface area (TPSA) is 0 Å². The molecule has 26 heavy (non-hydrogen) atoms. The van der Waals surface area contributed by atoms with E-state index in [1.54, 1.807) is 0 Å². The standard InChI is InChI=1S/C26H17/c1-2-20-18-19-24(21-12-6-3-7-13-21)26(23-16-10-5-11-17-23)25(20)22-14-8-4-9-15-22/h1,3-18H. The van der Waals surface area contributed by atoms with Crippen molar-refractivity contribution in [1.29, 1.82) is 0 Å². The van der Waals surface area contributed by atoms with Crippen LogP contribution in [0.2, 0.25) is 0 Å². The number of hydrogen-bond donors (Lipinski definition) is 0. The predicted octanol–water partition coefficient (Wildman–Crippen LogP) is 6.47. The molecule has 121 valence electrons. The van der Waals surface area contributed by atoms with Crippen molar-refractivity contribution in [2.45, 2.75) is 0 Å². The molecule has 0 fully saturated rings. The molecule has 0 aliphatic carbocycles. The van der Waals surface area contributed by atoms with Crippen molar-refractivity contribution in [2.75, 3.05) is 0 Å². The summed E-state index contributed by atoms with van der Waals surface area (Å²) in [7, 11) is 0. The van der Waals surface area contributed by atoms with E-state index >= 15 is 0 Å². The highest BCUT2D eigenvalue weighted by Crippen LogP contribution is 2.41. The molecule has 0 aromatic heterocycles. The predicted molar refractivity (Wildman–Crippen MR) is 110 cm³/mol. The number of rotatable bonds is 3. The lowest BCUT2D eigenvalue weighted by molar-refractivity contribution is 1.53. The van der Waals surface area contributed by atoms with Gasteiger partial charge in [-0.05, 0) is 39.9 Å². The van der Waals surface area contributed by atoms with Crippen LogP contribution in [0.4, 0.5) is 0 Å². The zero-order valence-corrected chi connectivity index (χ0v) is 14.3. The zero-order valence-electron chi connectivity index (χ0n) is 14.3. The Balaban J connectivity index is 2.11. The van der Waals surface area contributed by atoms with Gasteiger partial charge in [0.05, 0.1) is 0 Å². The quantitative estimate of drug-likeness (QED) is 0.378. The Bertz CT molecular complexity index is 1050. The van der Waals surface area contributed by atoms with E-state index in [2.05, 4.69) is 72.7 Å². The van der Waals surface area contributed by atoms with Gasteiger partial charge in [0.2, 0.25) is 0 Å². The fourth-order valence-electron chi connectivity index (χ4n) is 3.29. The van der Waals surface area contributed by atoms with Crippen LogP contribution in [0.3, 0.4) is 0 Å². The maximum Gasteiger partial charge on any atom is 0.0333 e. The molecule has 0 N–H and O–H groups in total. The van der Waals surface area contributed by atoms with Gasteiger partial charge < -0.3 is 0 Å². The second kappa shape index (κ2) is 7.13. The van der Waals surface area contributed by atoms with Crippen molar-refractivity contribution < 1.29 is 0 Å². The molecule has 0 spiro atoms. The molecule has 4 rings (SSSR count). The second-order valence-electron chi connectivity index (χ2n) is 6.07. The molecule has 0 aliphatic heterocycles. The third-order valence-electron chi connectivity index (χ3n) is 4.47. The maximum atomic E-state index is 5.85. The number of hydrogen-bond acceptors (Lipinski definition) is 0. The molecule has 0 bridgehead atoms. The van der Waals surface area contributed by atoms with E-state index < -0.39 is 0 Å². The molecular formula is C26H17. The van der Waals surface area contributed by atoms with Crippen LogP contribution < -0.4 is 0 Å². The summed E-state index contributed by atoms with van der Waals surface area (Å²) in [5.41, 5.74) is 7.51. The lowest BCUT2D eigenvalue weighted by atomic mass is 9.85. The molecule has 0 amide bonds. The molecular weight excluding hydrogens is 312 g/mol. The van der Waals surface area contributed by atoms with E-state index in [1.165, 1.54) is 0 Å². The van der Waals surface area contributed by atoms with Gasteiger partial charge in [-0.3, -0.25) is 0 Å². The molecule has 0 heterocycles. The lowest BCUT2D eigenvalue weighted by Gasteiger charge is -2.18. The monoisotopic (exact) mass is 329 g/mol. The fraction of sp³-hybridized carbons (Fsp3) is 0. The first-order valence-corrected chi connectivity index (χ1v) is 8.60. The molecule has 1 radical (unpaired) electrons. The fourth-order valence-corrected chi connectivity index (χ4v) is 3.29. The van der Waals surface area contributed by atoms with Crippen LogP contribution in [0.5, 0.6) is 0 Å². The first kappa shape index (κ1) is 15.9. The van der Waals surface area contributed by atoms with Gasteiger partial charge in [-0.25, -0.2) is 0 Å². The van der Waals surface area contributed by atoms with E-state index in [0.29, 0.717) is 0 Å². The Labute approximate surface area is 154 Å². The van der Waals surface area contributed by atoms with Gasteiger partial charge in [0.15, 0.2) is 0 Å². The van der Waals surface area contributed by atoms with E-state index in [9.17, 15) is 0 Å². The van der Waals surface area contributed by atoms with Crippen LogP contribution >= 0.6 is 0 Å². The Morgan fingerprint density at radius 2 is 1.04 bits per heavy atom. The van der Waals surface area contributed by atoms with Crippen molar-refractivity contribution in [3.05, 3.63) is 109 Å². The van der Waals surface area contributed by atoms with Gasteiger partial charge in [0.1, 0.15) is 0 Å². The highest BCUT2D eigenvalue weighted by molar-refractivity contribution is 5.96. The molecule has 4 aromatic carbocycles. The third-order valence-corrected chi connectivity index (χ3v) is 4.47. The summed E-state index contributed by atoms with van der Waals surface area (Å²) in [5.74, 6) is 2.85. The average Bonchev–Trinajstić information content (AvgIpc) is 2.74. The number of terminal acetylenes is 1. The second-order valence-corrected chi connectivity index (χ2v) is 6.07. The molecule has 0 aliphatic rings. The lowest BCUT2D eigenvalue weighted by Crippen LogP contribution is -1.94. The Morgan fingerprint density at radius 3 is 1.54 bits per heavy atom. The van der Waals surface area contributed by atoms with E-state index in [4.69, 9.17) is 6.42 Å². The normalized spacial score (nSPS) is 10.3. The summed E-state index contributed by atoms with van der Waals surface area (Å²) in [6.07, 6.45) is 5.85. The molecule has 0 nitrogen and oxygen atoms in total. The maximum absolute atomic E-state index is 5.85. The van der Waals surface area contributed by atoms with Gasteiger partial charge in [0, 0.05) is 11.1 Å². The summed E-state index contributed by atoms with van der Waals surface area (Å²) < 4.78 is 0. The van der Waals surface area contributed by atoms with Gasteiger partial charge in [-0.15, -0.1) is 6.42 Å². The van der Waals surface area contributed by atoms with Crippen molar-refractivity contribution >= 4 is 0 Å². The third kappa shape index (κ3) is 2.92. The summed E-state index contributed by atoms with van der Waals surface area (Å²) >= 11 is 0. The van der Waals surface area contributed by atoms with Crippen LogP contribution in [0.1, 0.15) is 5.56 Å². The van der Waals surface area contributed by atoms with Crippen LogP contribution in [0.25, 0.3) is 33.4 Å². The van der Waals surface area contributed by atoms with Crippen molar-refractivity contribution in [1.82, 2.24) is 0 Å². The van der Waals surface area contributed by atoms with Crippen LogP contribution in [-0.2, 0) is 0 Å². The highest BCUT2D eigenvalue weighted by atomic mass is 14.2. The minimum absolute atomic E-state index is 0.856. The average molecular weight is 329 g/mol. The van der Waals surface area contributed by atoms with Crippen molar-refractivity contribution in [2.24, 2.45) is 0 Å². The smallest absolute Gasteiger partial charge is 0.0333 e. The molecule has 0 saturated heterocycles. The highest BCUT2D eigenvalue weighted by Gasteiger charge is 2.17. The molecule has 0 saturated carbocycles. The summed E-state index contributed by atoms with van der Waals surface area (Å²) in [6.45, 7) is 0. The van der Waals surface area contributed by atoms with Crippen molar-refractivity contribution in [3.8, 4) is 45.7 Å². The molecule has 0 unspecified atom stereocenters. The van der Waals surface area contributed by atoms with Gasteiger partial charge in [-0.1, -0.05) is 96.9 Å². The van der Waals surface area contributed by atoms with E-state index in [1.807, 2.05) is 36.4 Å². The summed E-state index contributed by atoms with van der Waals surface area (Å²) in [4.78, 5) is 0. The van der Waals surface area contributed by atoms with Crippen LogP contribution in [0.15, 0.2) is 97.1 Å². The zero-order chi connectivity index (χ0) is 17.8. The first-order valence-electron chi connectivity index (χ1n) is 8.60. The van der Waals surface area contributed by atoms with E-state index in [0.717, 1.165) is 38.9 Å². The minimum Gasteiger partial charge on any atom is -0.115 e. The van der Waals surface area contributed by atoms with Crippen molar-refractivity contribution in [3.63, 3.8) is 0 Å². The molecule has 0 atom stereocenters. The Morgan fingerprint density at radius 1 is 0.577 bits per heavy atom. The largest absolute Gasteiger partial charge is 0.115 e. The SMILES string of the molecule is C#Cc1c[c]c(-c2ccccc2)c(-c2ccccc2)c1-c1ccccc1. The summed E-state index contributed by atoms with van der Waals surface area (Å²) in [6, 6.07) is 36.5. The Kier molecular flexibility index (Phi) is 4.37. The Hall–Kier alpha value is -3.56. The van der Waals surface area contributed by atoms with Gasteiger partial charge >= 0.3 is 0 Å². The molecule has 4 aromatic rings. The van der Waals surface area contributed by atoms with Gasteiger partial charge in [-0.2, -0.15) is 0 Å². The van der Waals surface area contributed by atoms with Gasteiger partial charge in [0.25, 0.3) is 0 Å². The minimum atomic E-state index is 0.856. The van der Waals surface area contributed by atoms with E-state index in [-0.39, 0.29) is 0 Å². The van der Waals surface area contributed by atoms with Crippen LogP contribution in [0, 0.1) is 18.4 Å². The summed E-state index contributed by atoms with van der Waals surface area (Å²) in [5, 5.41) is 0. The first-order chi connectivity index (χ1) is 12.9. The number of benzene rings is 4.